The van der Waals surface area contributed by atoms with Gasteiger partial charge in [-0.05, 0) is 12.8 Å². The molecule has 1 nitrogen and oxygen atoms in total. The van der Waals surface area contributed by atoms with E-state index in [1.54, 1.807) is 6.08 Å². The van der Waals surface area contributed by atoms with Gasteiger partial charge in [0.15, 0.2) is 0 Å². The van der Waals surface area contributed by atoms with E-state index in [9.17, 15) is 0 Å². The van der Waals surface area contributed by atoms with Crippen LogP contribution in [0.3, 0.4) is 0 Å². The maximum absolute atomic E-state index is 8.20. The first kappa shape index (κ1) is 11.2. The standard InChI is InChI=1S/C11H19N/c1-2-3-4-5-6-7-8-9-10-11-12/h9-10H,2-8H2,1H3. The van der Waals surface area contributed by atoms with Gasteiger partial charge >= 0.3 is 0 Å². The molecule has 0 bridgehead atoms. The third-order valence-corrected chi connectivity index (χ3v) is 1.92. The largest absolute Gasteiger partial charge is 0.193 e. The summed E-state index contributed by atoms with van der Waals surface area (Å²) < 4.78 is 0. The zero-order valence-corrected chi connectivity index (χ0v) is 8.05. The summed E-state index contributed by atoms with van der Waals surface area (Å²) in [6.45, 7) is 2.23. The van der Waals surface area contributed by atoms with Crippen LogP contribution >= 0.6 is 0 Å². The number of nitrogens with zero attached hydrogens (tertiary/aromatic N) is 1. The molecule has 0 aliphatic carbocycles. The molecule has 0 heterocycles. The van der Waals surface area contributed by atoms with Crippen LogP contribution in [0.1, 0.15) is 51.9 Å². The molecule has 0 aliphatic rings. The van der Waals surface area contributed by atoms with Crippen molar-refractivity contribution in [2.45, 2.75) is 51.9 Å². The van der Waals surface area contributed by atoms with Gasteiger partial charge < -0.3 is 0 Å². The Balaban J connectivity index is 2.92. The maximum Gasteiger partial charge on any atom is 0.0908 e. The highest BCUT2D eigenvalue weighted by molar-refractivity contribution is 5.01. The molecule has 68 valence electrons. The Hall–Kier alpha value is -0.770. The molecule has 0 spiro atoms. The maximum atomic E-state index is 8.20. The molecule has 0 atom stereocenters. The molecule has 0 unspecified atom stereocenters. The van der Waals surface area contributed by atoms with Gasteiger partial charge in [-0.25, -0.2) is 0 Å². The fourth-order valence-corrected chi connectivity index (χ4v) is 1.18. The normalized spacial score (nSPS) is 10.3. The minimum atomic E-state index is 1.07. The highest BCUT2D eigenvalue weighted by atomic mass is 14.2. The third kappa shape index (κ3) is 9.23. The van der Waals surface area contributed by atoms with Crippen molar-refractivity contribution < 1.29 is 0 Å². The zero-order chi connectivity index (χ0) is 9.07. The van der Waals surface area contributed by atoms with E-state index >= 15 is 0 Å². The number of hydrogen-bond donors (Lipinski definition) is 0. The van der Waals surface area contributed by atoms with Gasteiger partial charge in [0, 0.05) is 6.08 Å². The Kier molecular flexibility index (Phi) is 9.57. The first-order chi connectivity index (χ1) is 5.91. The summed E-state index contributed by atoms with van der Waals surface area (Å²) in [5.41, 5.74) is 0. The van der Waals surface area contributed by atoms with Gasteiger partial charge in [0.25, 0.3) is 0 Å². The first-order valence-electron chi connectivity index (χ1n) is 4.96. The van der Waals surface area contributed by atoms with Crippen LogP contribution in [0.2, 0.25) is 0 Å². The minimum absolute atomic E-state index is 1.07. The van der Waals surface area contributed by atoms with E-state index in [1.807, 2.05) is 12.1 Å². The summed E-state index contributed by atoms with van der Waals surface area (Å²) in [4.78, 5) is 0. The summed E-state index contributed by atoms with van der Waals surface area (Å²) >= 11 is 0. The lowest BCUT2D eigenvalue weighted by molar-refractivity contribution is 0.611. The first-order valence-corrected chi connectivity index (χ1v) is 4.96. The molecule has 0 N–H and O–H groups in total. The van der Waals surface area contributed by atoms with E-state index in [4.69, 9.17) is 5.26 Å². The minimum Gasteiger partial charge on any atom is -0.193 e. The lowest BCUT2D eigenvalue weighted by Crippen LogP contribution is -1.77. The predicted octanol–water partition coefficient (Wildman–Crippen LogP) is 3.82. The van der Waals surface area contributed by atoms with Crippen molar-refractivity contribution in [2.24, 2.45) is 0 Å². The molecule has 0 aromatic rings. The van der Waals surface area contributed by atoms with Crippen LogP contribution in [0.25, 0.3) is 0 Å². The van der Waals surface area contributed by atoms with E-state index in [1.165, 1.54) is 38.5 Å². The summed E-state index contributed by atoms with van der Waals surface area (Å²) in [6, 6.07) is 2.00. The lowest BCUT2D eigenvalue weighted by atomic mass is 10.1. The van der Waals surface area contributed by atoms with Crippen molar-refractivity contribution in [1.29, 1.82) is 5.26 Å². The fourth-order valence-electron chi connectivity index (χ4n) is 1.18. The highest BCUT2D eigenvalue weighted by Gasteiger charge is 1.87. The van der Waals surface area contributed by atoms with Gasteiger partial charge in [-0.3, -0.25) is 0 Å². The lowest BCUT2D eigenvalue weighted by Gasteiger charge is -1.96. The smallest absolute Gasteiger partial charge is 0.0908 e. The average Bonchev–Trinajstić information content (AvgIpc) is 2.10. The predicted molar refractivity (Wildman–Crippen MR) is 52.7 cm³/mol. The van der Waals surface area contributed by atoms with E-state index in [-0.39, 0.29) is 0 Å². The molecular weight excluding hydrogens is 146 g/mol. The molecular formula is C11H19N. The van der Waals surface area contributed by atoms with Crippen LogP contribution in [0.15, 0.2) is 12.2 Å². The summed E-state index contributed by atoms with van der Waals surface area (Å²) in [6.07, 6.45) is 12.6. The van der Waals surface area contributed by atoms with Gasteiger partial charge in [-0.15, -0.1) is 0 Å². The van der Waals surface area contributed by atoms with Crippen molar-refractivity contribution in [3.63, 3.8) is 0 Å². The second kappa shape index (κ2) is 10.2. The van der Waals surface area contributed by atoms with Crippen molar-refractivity contribution >= 4 is 0 Å². The number of rotatable bonds is 7. The van der Waals surface area contributed by atoms with E-state index in [0.717, 1.165) is 6.42 Å². The van der Waals surface area contributed by atoms with Gasteiger partial charge in [0.2, 0.25) is 0 Å². The van der Waals surface area contributed by atoms with Crippen molar-refractivity contribution in [3.8, 4) is 6.07 Å². The number of unbranched alkanes of at least 4 members (excludes halogenated alkanes) is 6. The quantitative estimate of drug-likeness (QED) is 0.415. The summed E-state index contributed by atoms with van der Waals surface area (Å²) in [5, 5.41) is 8.20. The molecule has 0 aromatic heterocycles. The second-order valence-electron chi connectivity index (χ2n) is 3.09. The SMILES string of the molecule is CCCCCCCCC=CC#N. The second-order valence-corrected chi connectivity index (χ2v) is 3.09. The molecule has 0 rings (SSSR count). The van der Waals surface area contributed by atoms with E-state index < -0.39 is 0 Å². The molecule has 0 aliphatic heterocycles. The Morgan fingerprint density at radius 1 is 1.08 bits per heavy atom. The van der Waals surface area contributed by atoms with Gasteiger partial charge in [-0.1, -0.05) is 45.1 Å². The molecule has 0 saturated carbocycles. The van der Waals surface area contributed by atoms with Crippen LogP contribution in [-0.2, 0) is 0 Å². The van der Waals surface area contributed by atoms with Crippen LogP contribution in [0, 0.1) is 11.3 Å². The Bertz CT molecular complexity index is 142. The summed E-state index contributed by atoms with van der Waals surface area (Å²) in [7, 11) is 0. The zero-order valence-electron chi connectivity index (χ0n) is 8.05. The van der Waals surface area contributed by atoms with Gasteiger partial charge in [0.05, 0.1) is 6.07 Å². The highest BCUT2D eigenvalue weighted by Crippen LogP contribution is 2.06. The van der Waals surface area contributed by atoms with E-state index in [2.05, 4.69) is 6.92 Å². The molecule has 0 aromatic carbocycles. The van der Waals surface area contributed by atoms with Crippen LogP contribution < -0.4 is 0 Å². The van der Waals surface area contributed by atoms with Crippen molar-refractivity contribution in [1.82, 2.24) is 0 Å². The Labute approximate surface area is 76.1 Å². The Morgan fingerprint density at radius 2 is 1.75 bits per heavy atom. The molecule has 12 heavy (non-hydrogen) atoms. The van der Waals surface area contributed by atoms with Gasteiger partial charge in [0.1, 0.15) is 0 Å². The van der Waals surface area contributed by atoms with Crippen molar-refractivity contribution in [2.75, 3.05) is 0 Å². The van der Waals surface area contributed by atoms with E-state index in [0.29, 0.717) is 0 Å². The van der Waals surface area contributed by atoms with Gasteiger partial charge in [-0.2, -0.15) is 5.26 Å². The third-order valence-electron chi connectivity index (χ3n) is 1.92. The number of nitriles is 1. The Morgan fingerprint density at radius 3 is 2.42 bits per heavy atom. The monoisotopic (exact) mass is 165 g/mol. The molecule has 0 amide bonds. The van der Waals surface area contributed by atoms with Crippen LogP contribution in [0.4, 0.5) is 0 Å². The van der Waals surface area contributed by atoms with Crippen LogP contribution in [0.5, 0.6) is 0 Å². The molecule has 1 heteroatoms. The summed E-state index contributed by atoms with van der Waals surface area (Å²) in [5.74, 6) is 0. The average molecular weight is 165 g/mol. The van der Waals surface area contributed by atoms with Crippen molar-refractivity contribution in [3.05, 3.63) is 12.2 Å². The number of hydrogen-bond acceptors (Lipinski definition) is 1. The topological polar surface area (TPSA) is 23.8 Å². The molecule has 0 radical (unpaired) electrons. The fraction of sp³-hybridized carbons (Fsp3) is 0.727. The molecule has 0 saturated heterocycles. The van der Waals surface area contributed by atoms with Crippen LogP contribution in [-0.4, -0.2) is 0 Å². The number of allylic oxidation sites excluding steroid dienone is 2. The molecule has 0 fully saturated rings.